The van der Waals surface area contributed by atoms with Crippen molar-refractivity contribution in [2.24, 2.45) is 0 Å². The molecule has 2 aliphatic carbocycles. The Labute approximate surface area is 575 Å². The predicted octanol–water partition coefficient (Wildman–Crippen LogP) is 25.8. The van der Waals surface area contributed by atoms with Crippen LogP contribution in [0.2, 0.25) is 0 Å². The van der Waals surface area contributed by atoms with Gasteiger partial charge < -0.3 is 0 Å². The largest absolute Gasteiger partial charge is 0.256 e. The van der Waals surface area contributed by atoms with Gasteiger partial charge in [0.05, 0.1) is 5.52 Å². The summed E-state index contributed by atoms with van der Waals surface area (Å²) in [6.07, 6.45) is 2.02. The molecule has 0 saturated heterocycles. The van der Waals surface area contributed by atoms with Gasteiger partial charge in [0.15, 0.2) is 17.5 Å². The van der Waals surface area contributed by atoms with E-state index >= 15 is 0 Å². The number of hydrogen-bond donors (Lipinski definition) is 0. The second kappa shape index (κ2) is 21.1. The molecule has 0 amide bonds. The molecule has 0 aliphatic heterocycles. The van der Waals surface area contributed by atoms with Crippen molar-refractivity contribution >= 4 is 108 Å². The highest BCUT2D eigenvalue weighted by Gasteiger charge is 2.29. The maximum absolute atomic E-state index is 5.52. The normalized spacial score (nSPS) is 12.2. The van der Waals surface area contributed by atoms with Crippen LogP contribution in [0.5, 0.6) is 0 Å². The van der Waals surface area contributed by atoms with Gasteiger partial charge >= 0.3 is 0 Å². The van der Waals surface area contributed by atoms with Crippen LogP contribution >= 0.6 is 0 Å². The van der Waals surface area contributed by atoms with Crippen LogP contribution in [0.15, 0.2) is 328 Å². The van der Waals surface area contributed by atoms with E-state index in [0.29, 0.717) is 17.5 Å². The van der Waals surface area contributed by atoms with E-state index in [2.05, 4.69) is 322 Å². The van der Waals surface area contributed by atoms with Gasteiger partial charge in [0.2, 0.25) is 0 Å². The average Bonchev–Trinajstić information content (AvgIpc) is 1.32. The quantitative estimate of drug-likeness (QED) is 0.149. The van der Waals surface area contributed by atoms with Gasteiger partial charge in [-0.3, -0.25) is 4.98 Å². The lowest BCUT2D eigenvalue weighted by Crippen LogP contribution is -2.01. The minimum absolute atomic E-state index is 0.622. The molecule has 2 heterocycles. The highest BCUT2D eigenvalue weighted by Crippen LogP contribution is 2.55. The smallest absolute Gasteiger partial charge is 0.164 e. The van der Waals surface area contributed by atoms with E-state index < -0.39 is 0 Å². The molecule has 0 radical (unpaired) electrons. The lowest BCUT2D eigenvalue weighted by atomic mass is 9.89. The van der Waals surface area contributed by atoms with Crippen LogP contribution in [0.25, 0.3) is 231 Å². The molecule has 100 heavy (non-hydrogen) atoms. The molecule has 0 bridgehead atoms. The van der Waals surface area contributed by atoms with Crippen LogP contribution in [-0.2, 0) is 0 Å². The Morgan fingerprint density at radius 2 is 0.510 bits per heavy atom. The van der Waals surface area contributed by atoms with Crippen molar-refractivity contribution in [1.29, 1.82) is 0 Å². The third kappa shape index (κ3) is 8.47. The van der Waals surface area contributed by atoms with Gasteiger partial charge in [0.25, 0.3) is 0 Å². The molecule has 18 aromatic carbocycles. The summed E-state index contributed by atoms with van der Waals surface area (Å²) in [4.78, 5) is 21.4. The van der Waals surface area contributed by atoms with Crippen molar-refractivity contribution in [3.8, 4) is 123 Å². The summed E-state index contributed by atoms with van der Waals surface area (Å²) in [5.41, 5.74) is 23.2. The van der Waals surface area contributed by atoms with E-state index in [1.54, 1.807) is 0 Å². The van der Waals surface area contributed by atoms with E-state index in [0.717, 1.165) is 71.4 Å². The van der Waals surface area contributed by atoms with Gasteiger partial charge in [-0.2, -0.15) is 0 Å². The molecule has 20 aromatic rings. The van der Waals surface area contributed by atoms with E-state index in [1.165, 1.54) is 142 Å². The van der Waals surface area contributed by atoms with Crippen molar-refractivity contribution in [3.05, 3.63) is 328 Å². The zero-order chi connectivity index (χ0) is 65.3. The maximum Gasteiger partial charge on any atom is 0.164 e. The standard InChI is InChI=1S/C96H54N4/c1-3-14-58-40-64(28-24-55(58)12-1)60-20-11-21-61(41-60)76-47-75-45-70(34-39-89(75)97-54-76)79-35-36-80-84-53-74-44-66(30-31-67(74)50-86(84)87-51-68-18-7-9-22-77(68)90(79)92(80)87)65-29-25-57-27-33-72(46-73(57)43-65)95-98-94(71-32-26-56-13-2-4-15-59(56)42-71)99-96(100-95)82-38-37-81-83-48-62-16-5-6-17-63(62)49-85(83)88-52-69-19-8-10-23-78(69)91(82)93(81)88/h1-54H. The topological polar surface area (TPSA) is 51.6 Å². The first-order valence-corrected chi connectivity index (χ1v) is 34.4. The Bertz CT molecular complexity index is 7040. The second-order valence-electron chi connectivity index (χ2n) is 27.2. The fraction of sp³-hybridized carbons (Fsp3) is 0. The highest BCUT2D eigenvalue weighted by molar-refractivity contribution is 6.30. The van der Waals surface area contributed by atoms with E-state index in [9.17, 15) is 0 Å². The van der Waals surface area contributed by atoms with Gasteiger partial charge in [0.1, 0.15) is 0 Å². The Kier molecular flexibility index (Phi) is 11.6. The van der Waals surface area contributed by atoms with E-state index in [1.807, 2.05) is 6.20 Å². The fourth-order valence-electron chi connectivity index (χ4n) is 16.7. The third-order valence-corrected chi connectivity index (χ3v) is 21.6. The van der Waals surface area contributed by atoms with Crippen LogP contribution in [0.1, 0.15) is 0 Å². The Balaban J connectivity index is 0.637. The summed E-state index contributed by atoms with van der Waals surface area (Å²) in [6.45, 7) is 0. The molecule has 0 saturated carbocycles. The third-order valence-electron chi connectivity index (χ3n) is 21.6. The number of aromatic nitrogens is 4. The molecule has 4 nitrogen and oxygen atoms in total. The monoisotopic (exact) mass is 1260 g/mol. The van der Waals surface area contributed by atoms with Gasteiger partial charge in [-0.1, -0.05) is 224 Å². The van der Waals surface area contributed by atoms with Gasteiger partial charge in [-0.25, -0.2) is 15.0 Å². The molecular formula is C96H54N4. The van der Waals surface area contributed by atoms with Crippen molar-refractivity contribution in [2.75, 3.05) is 0 Å². The lowest BCUT2D eigenvalue weighted by molar-refractivity contribution is 1.08. The van der Waals surface area contributed by atoms with Crippen molar-refractivity contribution < 1.29 is 0 Å². The minimum atomic E-state index is 0.622. The number of nitrogens with zero attached hydrogens (tertiary/aromatic N) is 4. The Hall–Kier alpha value is -13.3. The molecule has 2 aliphatic rings. The second-order valence-corrected chi connectivity index (χ2v) is 27.2. The lowest BCUT2D eigenvalue weighted by Gasteiger charge is -2.14. The molecule has 0 fully saturated rings. The van der Waals surface area contributed by atoms with Gasteiger partial charge in [-0.15, -0.1) is 0 Å². The van der Waals surface area contributed by atoms with Crippen LogP contribution in [0, 0.1) is 0 Å². The van der Waals surface area contributed by atoms with Crippen molar-refractivity contribution in [2.45, 2.75) is 0 Å². The first-order chi connectivity index (χ1) is 49.5. The molecule has 2 aromatic heterocycles. The number of pyridine rings is 1. The molecule has 0 N–H and O–H groups in total. The molecule has 4 heteroatoms. The van der Waals surface area contributed by atoms with Crippen LogP contribution in [0.3, 0.4) is 0 Å². The summed E-state index contributed by atoms with van der Waals surface area (Å²) in [5, 5.41) is 22.8. The van der Waals surface area contributed by atoms with Gasteiger partial charge in [0, 0.05) is 39.2 Å². The average molecular weight is 1260 g/mol. The van der Waals surface area contributed by atoms with Crippen LogP contribution < -0.4 is 0 Å². The van der Waals surface area contributed by atoms with Crippen molar-refractivity contribution in [3.63, 3.8) is 0 Å². The zero-order valence-electron chi connectivity index (χ0n) is 54.0. The van der Waals surface area contributed by atoms with Crippen molar-refractivity contribution in [1.82, 2.24) is 19.9 Å². The predicted molar refractivity (Wildman–Crippen MR) is 420 cm³/mol. The summed E-state index contributed by atoms with van der Waals surface area (Å²) >= 11 is 0. The summed E-state index contributed by atoms with van der Waals surface area (Å²) in [6, 6.07) is 119. The van der Waals surface area contributed by atoms with E-state index in [-0.39, 0.29) is 0 Å². The fourth-order valence-corrected chi connectivity index (χ4v) is 16.7. The van der Waals surface area contributed by atoms with Gasteiger partial charge in [-0.05, 0) is 272 Å². The Morgan fingerprint density at radius 1 is 0.160 bits per heavy atom. The number of benzene rings is 18. The highest BCUT2D eigenvalue weighted by atomic mass is 15.0. The molecular weight excluding hydrogens is 1210 g/mol. The first-order valence-electron chi connectivity index (χ1n) is 34.4. The summed E-state index contributed by atoms with van der Waals surface area (Å²) < 4.78 is 0. The molecule has 22 rings (SSSR count). The number of hydrogen-bond acceptors (Lipinski definition) is 4. The molecule has 0 unspecified atom stereocenters. The Morgan fingerprint density at radius 3 is 1.10 bits per heavy atom. The van der Waals surface area contributed by atoms with Crippen LogP contribution in [0.4, 0.5) is 0 Å². The van der Waals surface area contributed by atoms with E-state index in [4.69, 9.17) is 19.9 Å². The maximum atomic E-state index is 5.52. The minimum Gasteiger partial charge on any atom is -0.256 e. The molecule has 0 spiro atoms. The molecule has 458 valence electrons. The van der Waals surface area contributed by atoms with Crippen LogP contribution in [-0.4, -0.2) is 19.9 Å². The zero-order valence-corrected chi connectivity index (χ0v) is 54.0. The first kappa shape index (κ1) is 54.9. The summed E-state index contributed by atoms with van der Waals surface area (Å²) in [5.74, 6) is 1.89. The summed E-state index contributed by atoms with van der Waals surface area (Å²) in [7, 11) is 0. The molecule has 0 atom stereocenters. The SMILES string of the molecule is c1cc(-c2ccc3ccccc3c2)cc(-c2cnc3ccc(-c4ccc5c6c(cc7ccccc7c46)-c4cc6ccc(-c7ccc8ccc(-c9nc(-c%10ccc%11ccccc%11c%10)nc(-c%10ccc%11c%12c(cc%13ccccc%13c%10%12)-c%10cc%12ccccc%12cc%10-%11)n9)cc8c7)cc6cc4-5)cc3c2)c1. The number of rotatable bonds is 7. The number of fused-ring (bicyclic) bond motifs is 16.